The molecule has 2 nitrogen and oxygen atoms in total. The Bertz CT molecular complexity index is 541. The summed E-state index contributed by atoms with van der Waals surface area (Å²) in [5, 5.41) is 0. The van der Waals surface area contributed by atoms with Crippen molar-refractivity contribution in [1.82, 2.24) is 0 Å². The van der Waals surface area contributed by atoms with Crippen molar-refractivity contribution in [3.05, 3.63) is 49.1 Å². The van der Waals surface area contributed by atoms with Crippen LogP contribution in [0.3, 0.4) is 0 Å². The second-order valence-corrected chi connectivity index (χ2v) is 9.26. The van der Waals surface area contributed by atoms with Gasteiger partial charge in [-0.2, -0.15) is 0 Å². The second kappa shape index (κ2) is 13.2. The van der Waals surface area contributed by atoms with Gasteiger partial charge in [-0.25, -0.2) is 9.13 Å². The SMILES string of the molecule is C[n+]1ccc(SCCCCCCCCCCSc2cc[n+](C)cc2)cc1. The number of unbranched alkanes of at least 4 members (excludes halogenated alkanes) is 7. The fourth-order valence-electron chi connectivity index (χ4n) is 2.81. The first-order valence-electron chi connectivity index (χ1n) is 9.90. The van der Waals surface area contributed by atoms with Crippen LogP contribution in [0.25, 0.3) is 0 Å². The largest absolute Gasteiger partial charge is 0.208 e. The van der Waals surface area contributed by atoms with Crippen molar-refractivity contribution in [2.24, 2.45) is 14.1 Å². The van der Waals surface area contributed by atoms with E-state index in [1.807, 2.05) is 23.5 Å². The Labute approximate surface area is 168 Å². The molecule has 142 valence electrons. The van der Waals surface area contributed by atoms with Crippen LogP contribution in [-0.4, -0.2) is 11.5 Å². The molecule has 0 saturated heterocycles. The molecule has 0 radical (unpaired) electrons. The normalized spacial score (nSPS) is 11.0. The van der Waals surface area contributed by atoms with Crippen LogP contribution >= 0.6 is 23.5 Å². The van der Waals surface area contributed by atoms with E-state index in [2.05, 4.69) is 72.3 Å². The summed E-state index contributed by atoms with van der Waals surface area (Å²) in [5.41, 5.74) is 0. The highest BCUT2D eigenvalue weighted by atomic mass is 32.2. The van der Waals surface area contributed by atoms with Crippen LogP contribution in [0.4, 0.5) is 0 Å². The van der Waals surface area contributed by atoms with E-state index in [9.17, 15) is 0 Å². The van der Waals surface area contributed by atoms with Crippen molar-refractivity contribution < 1.29 is 9.13 Å². The molecule has 0 fully saturated rings. The lowest BCUT2D eigenvalue weighted by Gasteiger charge is -2.03. The average Bonchev–Trinajstić information content (AvgIpc) is 2.65. The molecule has 2 rings (SSSR count). The van der Waals surface area contributed by atoms with Crippen LogP contribution in [0.1, 0.15) is 51.4 Å². The maximum absolute atomic E-state index is 2.21. The molecule has 0 unspecified atom stereocenters. The van der Waals surface area contributed by atoms with Gasteiger partial charge in [-0.1, -0.05) is 38.5 Å². The summed E-state index contributed by atoms with van der Waals surface area (Å²) in [4.78, 5) is 2.79. The van der Waals surface area contributed by atoms with Crippen LogP contribution < -0.4 is 9.13 Å². The smallest absolute Gasteiger partial charge is 0.169 e. The Morgan fingerprint density at radius 2 is 0.846 bits per heavy atom. The highest BCUT2D eigenvalue weighted by molar-refractivity contribution is 7.99. The van der Waals surface area contributed by atoms with Gasteiger partial charge >= 0.3 is 0 Å². The van der Waals surface area contributed by atoms with Crippen molar-refractivity contribution >= 4 is 23.5 Å². The summed E-state index contributed by atoms with van der Waals surface area (Å²) in [7, 11) is 4.13. The van der Waals surface area contributed by atoms with Crippen molar-refractivity contribution in [2.75, 3.05) is 11.5 Å². The molecular weight excluding hydrogens is 356 g/mol. The Kier molecular flexibility index (Phi) is 10.8. The third-order valence-electron chi connectivity index (χ3n) is 4.47. The van der Waals surface area contributed by atoms with Gasteiger partial charge in [0, 0.05) is 34.1 Å². The minimum atomic E-state index is 1.25. The van der Waals surface area contributed by atoms with E-state index in [4.69, 9.17) is 0 Å². The van der Waals surface area contributed by atoms with Crippen LogP contribution in [0.5, 0.6) is 0 Å². The number of rotatable bonds is 13. The molecule has 2 aromatic rings. The predicted octanol–water partition coefficient (Wildman–Crippen LogP) is 5.34. The molecule has 0 aliphatic rings. The lowest BCUT2D eigenvalue weighted by Crippen LogP contribution is -2.25. The molecule has 0 aliphatic carbocycles. The Morgan fingerprint density at radius 1 is 0.538 bits per heavy atom. The topological polar surface area (TPSA) is 7.76 Å². The molecule has 0 N–H and O–H groups in total. The zero-order valence-electron chi connectivity index (χ0n) is 16.4. The van der Waals surface area contributed by atoms with Crippen molar-refractivity contribution in [1.29, 1.82) is 0 Å². The van der Waals surface area contributed by atoms with Gasteiger partial charge in [0.1, 0.15) is 14.1 Å². The van der Waals surface area contributed by atoms with Crippen LogP contribution in [0.2, 0.25) is 0 Å². The fourth-order valence-corrected chi connectivity index (χ4v) is 4.61. The monoisotopic (exact) mass is 390 g/mol. The molecule has 0 atom stereocenters. The minimum absolute atomic E-state index is 1.25. The van der Waals surface area contributed by atoms with Crippen LogP contribution in [-0.2, 0) is 14.1 Å². The summed E-state index contributed by atoms with van der Waals surface area (Å²) >= 11 is 3.98. The number of aryl methyl sites for hydroxylation is 2. The molecule has 2 heterocycles. The summed E-state index contributed by atoms with van der Waals surface area (Å²) in [6.45, 7) is 0. The van der Waals surface area contributed by atoms with E-state index in [-0.39, 0.29) is 0 Å². The molecule has 4 heteroatoms. The third-order valence-corrected chi connectivity index (χ3v) is 6.67. The first-order valence-corrected chi connectivity index (χ1v) is 11.9. The van der Waals surface area contributed by atoms with Gasteiger partial charge in [0.05, 0.1) is 0 Å². The van der Waals surface area contributed by atoms with Crippen LogP contribution in [0, 0.1) is 0 Å². The zero-order valence-corrected chi connectivity index (χ0v) is 18.0. The summed E-state index contributed by atoms with van der Waals surface area (Å²) in [6.07, 6.45) is 19.6. The molecule has 0 amide bonds. The summed E-state index contributed by atoms with van der Waals surface area (Å²) in [5.74, 6) is 2.50. The first kappa shape index (κ1) is 21.3. The van der Waals surface area contributed by atoms with Crippen molar-refractivity contribution in [3.63, 3.8) is 0 Å². The van der Waals surface area contributed by atoms with E-state index in [1.165, 1.54) is 72.7 Å². The second-order valence-electron chi connectivity index (χ2n) is 6.92. The number of hydrogen-bond donors (Lipinski definition) is 0. The number of pyridine rings is 2. The number of hydrogen-bond acceptors (Lipinski definition) is 2. The number of aromatic nitrogens is 2. The first-order chi connectivity index (χ1) is 12.7. The van der Waals surface area contributed by atoms with Gasteiger partial charge in [-0.05, 0) is 24.3 Å². The maximum Gasteiger partial charge on any atom is 0.169 e. The van der Waals surface area contributed by atoms with Gasteiger partial charge in [0.15, 0.2) is 24.8 Å². The van der Waals surface area contributed by atoms with Gasteiger partial charge < -0.3 is 0 Å². The van der Waals surface area contributed by atoms with E-state index >= 15 is 0 Å². The van der Waals surface area contributed by atoms with Gasteiger partial charge in [-0.15, -0.1) is 23.5 Å². The average molecular weight is 391 g/mol. The number of thioether (sulfide) groups is 2. The standard InChI is InChI=1S/C22H34N2S2/c1-23-15-11-21(12-16-23)25-19-9-7-5-3-4-6-8-10-20-26-22-13-17-24(2)18-14-22/h11-18H,3-10,19-20H2,1-2H3/q+2. The molecule has 0 bridgehead atoms. The zero-order chi connectivity index (χ0) is 18.5. The maximum atomic E-state index is 2.21. The lowest BCUT2D eigenvalue weighted by atomic mass is 10.1. The molecule has 2 aromatic heterocycles. The molecule has 0 aromatic carbocycles. The van der Waals surface area contributed by atoms with Crippen molar-refractivity contribution in [2.45, 2.75) is 61.2 Å². The minimum Gasteiger partial charge on any atom is -0.208 e. The van der Waals surface area contributed by atoms with E-state index in [1.54, 1.807) is 0 Å². The Hall–Kier alpha value is -1.00. The number of nitrogens with zero attached hydrogens (tertiary/aromatic N) is 2. The highest BCUT2D eigenvalue weighted by Gasteiger charge is 1.99. The fraction of sp³-hybridized carbons (Fsp3) is 0.545. The summed E-state index contributed by atoms with van der Waals surface area (Å²) < 4.78 is 4.18. The molecule has 0 spiro atoms. The van der Waals surface area contributed by atoms with Gasteiger partial charge in [0.2, 0.25) is 0 Å². The lowest BCUT2D eigenvalue weighted by molar-refractivity contribution is -0.671. The Balaban J connectivity index is 1.35. The van der Waals surface area contributed by atoms with E-state index < -0.39 is 0 Å². The van der Waals surface area contributed by atoms with Gasteiger partial charge in [-0.3, -0.25) is 0 Å². The third kappa shape index (κ3) is 9.63. The molecule has 0 saturated carbocycles. The van der Waals surface area contributed by atoms with E-state index in [0.29, 0.717) is 0 Å². The molecule has 26 heavy (non-hydrogen) atoms. The predicted molar refractivity (Wildman–Crippen MR) is 114 cm³/mol. The summed E-state index contributed by atoms with van der Waals surface area (Å²) in [6, 6.07) is 8.84. The molecule has 0 aliphatic heterocycles. The quantitative estimate of drug-likeness (QED) is 0.259. The van der Waals surface area contributed by atoms with Gasteiger partial charge in [0.25, 0.3) is 0 Å². The highest BCUT2D eigenvalue weighted by Crippen LogP contribution is 2.20. The van der Waals surface area contributed by atoms with Crippen LogP contribution in [0.15, 0.2) is 58.8 Å². The Morgan fingerprint density at radius 3 is 1.19 bits per heavy atom. The van der Waals surface area contributed by atoms with E-state index in [0.717, 1.165) is 0 Å². The molecular formula is C22H34N2S2+2. The van der Waals surface area contributed by atoms with Crippen molar-refractivity contribution in [3.8, 4) is 0 Å².